The molecule has 0 aliphatic carbocycles. The van der Waals surface area contributed by atoms with Gasteiger partial charge < -0.3 is 11.5 Å². The van der Waals surface area contributed by atoms with Gasteiger partial charge in [-0.05, 0) is 12.8 Å². The molecule has 0 aliphatic heterocycles. The highest BCUT2D eigenvalue weighted by Crippen LogP contribution is 1.94. The summed E-state index contributed by atoms with van der Waals surface area (Å²) in [6, 6.07) is 0. The number of primary amides is 1. The van der Waals surface area contributed by atoms with Crippen LogP contribution in [-0.4, -0.2) is 18.3 Å². The Kier molecular flexibility index (Phi) is 6.05. The second-order valence-electron chi connectivity index (χ2n) is 2.65. The van der Waals surface area contributed by atoms with Crippen LogP contribution in [0, 0.1) is 0 Å². The number of hydrogen-bond acceptors (Lipinski definition) is 2. The molecular weight excluding hydrogens is 154 g/mol. The molecule has 0 aromatic carbocycles. The van der Waals surface area contributed by atoms with E-state index in [2.05, 4.69) is 4.99 Å². The SMILES string of the molecule is CCC(N)=NCCCCC(N)=O. The Labute approximate surface area is 73.0 Å². The van der Waals surface area contributed by atoms with Crippen molar-refractivity contribution in [3.63, 3.8) is 0 Å². The van der Waals surface area contributed by atoms with Crippen molar-refractivity contribution in [2.24, 2.45) is 16.5 Å². The van der Waals surface area contributed by atoms with Crippen molar-refractivity contribution in [1.29, 1.82) is 0 Å². The molecule has 0 saturated heterocycles. The Bertz CT molecular complexity index is 166. The lowest BCUT2D eigenvalue weighted by Gasteiger charge is -1.96. The standard InChI is InChI=1S/C8H17N3O/c1-2-7(9)11-6-4-3-5-8(10)12/h2-6H2,1H3,(H2,9,11)(H2,10,12). The average molecular weight is 171 g/mol. The largest absolute Gasteiger partial charge is 0.387 e. The summed E-state index contributed by atoms with van der Waals surface area (Å²) in [5.74, 6) is 0.427. The molecule has 70 valence electrons. The smallest absolute Gasteiger partial charge is 0.217 e. The van der Waals surface area contributed by atoms with E-state index in [-0.39, 0.29) is 5.91 Å². The Morgan fingerprint density at radius 1 is 1.33 bits per heavy atom. The summed E-state index contributed by atoms with van der Waals surface area (Å²) in [6.07, 6.45) is 2.91. The van der Waals surface area contributed by atoms with Crippen molar-refractivity contribution in [2.45, 2.75) is 32.6 Å². The maximum atomic E-state index is 10.3. The van der Waals surface area contributed by atoms with Crippen LogP contribution in [0.15, 0.2) is 4.99 Å². The molecule has 1 amide bonds. The van der Waals surface area contributed by atoms with Crippen LogP contribution < -0.4 is 11.5 Å². The molecule has 0 atom stereocenters. The maximum Gasteiger partial charge on any atom is 0.217 e. The number of carbonyl (C=O) groups is 1. The van der Waals surface area contributed by atoms with Gasteiger partial charge in [0.05, 0.1) is 5.84 Å². The van der Waals surface area contributed by atoms with Gasteiger partial charge in [0.2, 0.25) is 5.91 Å². The normalized spacial score (nSPS) is 11.6. The second-order valence-corrected chi connectivity index (χ2v) is 2.65. The van der Waals surface area contributed by atoms with Crippen LogP contribution in [0.4, 0.5) is 0 Å². The van der Waals surface area contributed by atoms with E-state index in [4.69, 9.17) is 11.5 Å². The summed E-state index contributed by atoms with van der Waals surface area (Å²) < 4.78 is 0. The van der Waals surface area contributed by atoms with E-state index in [9.17, 15) is 4.79 Å². The third kappa shape index (κ3) is 7.05. The zero-order valence-electron chi connectivity index (χ0n) is 7.55. The summed E-state index contributed by atoms with van der Waals surface area (Å²) in [6.45, 7) is 2.66. The first-order valence-corrected chi connectivity index (χ1v) is 4.24. The summed E-state index contributed by atoms with van der Waals surface area (Å²) >= 11 is 0. The third-order valence-electron chi connectivity index (χ3n) is 1.51. The molecule has 0 bridgehead atoms. The van der Waals surface area contributed by atoms with Gasteiger partial charge in [-0.1, -0.05) is 6.92 Å². The monoisotopic (exact) mass is 171 g/mol. The molecule has 12 heavy (non-hydrogen) atoms. The summed E-state index contributed by atoms with van der Waals surface area (Å²) in [5, 5.41) is 0. The van der Waals surface area contributed by atoms with E-state index in [1.165, 1.54) is 0 Å². The van der Waals surface area contributed by atoms with E-state index in [1.54, 1.807) is 0 Å². The van der Waals surface area contributed by atoms with Crippen LogP contribution in [0.2, 0.25) is 0 Å². The Morgan fingerprint density at radius 2 is 2.00 bits per heavy atom. The van der Waals surface area contributed by atoms with Crippen molar-refractivity contribution < 1.29 is 4.79 Å². The van der Waals surface area contributed by atoms with Crippen LogP contribution >= 0.6 is 0 Å². The van der Waals surface area contributed by atoms with Crippen LogP contribution in [-0.2, 0) is 4.79 Å². The summed E-state index contributed by atoms with van der Waals surface area (Å²) in [7, 11) is 0. The molecule has 4 heteroatoms. The molecule has 0 heterocycles. The highest BCUT2D eigenvalue weighted by molar-refractivity contribution is 5.79. The highest BCUT2D eigenvalue weighted by atomic mass is 16.1. The van der Waals surface area contributed by atoms with Crippen molar-refractivity contribution in [3.05, 3.63) is 0 Å². The maximum absolute atomic E-state index is 10.3. The number of hydrogen-bond donors (Lipinski definition) is 2. The summed E-state index contributed by atoms with van der Waals surface area (Å²) in [4.78, 5) is 14.4. The number of aliphatic imine (C=N–C) groups is 1. The number of carbonyl (C=O) groups excluding carboxylic acids is 1. The predicted molar refractivity (Wildman–Crippen MR) is 49.8 cm³/mol. The molecule has 0 radical (unpaired) electrons. The number of amides is 1. The minimum atomic E-state index is -0.248. The zero-order valence-corrected chi connectivity index (χ0v) is 7.55. The van der Waals surface area contributed by atoms with Crippen LogP contribution in [0.5, 0.6) is 0 Å². The molecule has 0 aliphatic rings. The molecule has 0 rings (SSSR count). The first-order chi connectivity index (χ1) is 5.66. The molecule has 0 spiro atoms. The zero-order chi connectivity index (χ0) is 9.40. The Hall–Kier alpha value is -1.06. The van der Waals surface area contributed by atoms with Gasteiger partial charge in [0, 0.05) is 19.4 Å². The lowest BCUT2D eigenvalue weighted by Crippen LogP contribution is -2.11. The molecule has 0 saturated carbocycles. The number of nitrogens with zero attached hydrogens (tertiary/aromatic N) is 1. The van der Waals surface area contributed by atoms with Gasteiger partial charge in [0.1, 0.15) is 0 Å². The van der Waals surface area contributed by atoms with Gasteiger partial charge in [-0.3, -0.25) is 9.79 Å². The van der Waals surface area contributed by atoms with Crippen molar-refractivity contribution in [1.82, 2.24) is 0 Å². The molecular formula is C8H17N3O. The molecule has 0 unspecified atom stereocenters. The average Bonchev–Trinajstić information content (AvgIpc) is 2.03. The van der Waals surface area contributed by atoms with E-state index in [1.807, 2.05) is 6.92 Å². The molecule has 0 aromatic rings. The molecule has 0 fully saturated rings. The van der Waals surface area contributed by atoms with E-state index in [0.29, 0.717) is 18.8 Å². The predicted octanol–water partition coefficient (Wildman–Crippen LogP) is 0.409. The van der Waals surface area contributed by atoms with E-state index < -0.39 is 0 Å². The Balaban J connectivity index is 3.27. The van der Waals surface area contributed by atoms with Crippen molar-refractivity contribution in [3.8, 4) is 0 Å². The van der Waals surface area contributed by atoms with E-state index >= 15 is 0 Å². The van der Waals surface area contributed by atoms with Gasteiger partial charge in [0.25, 0.3) is 0 Å². The number of nitrogens with two attached hydrogens (primary N) is 2. The van der Waals surface area contributed by atoms with Gasteiger partial charge in [-0.25, -0.2) is 0 Å². The van der Waals surface area contributed by atoms with Gasteiger partial charge >= 0.3 is 0 Å². The first-order valence-electron chi connectivity index (χ1n) is 4.24. The first kappa shape index (κ1) is 10.9. The third-order valence-corrected chi connectivity index (χ3v) is 1.51. The summed E-state index contributed by atoms with van der Waals surface area (Å²) in [5.41, 5.74) is 10.4. The van der Waals surface area contributed by atoms with Crippen molar-refractivity contribution >= 4 is 11.7 Å². The fourth-order valence-corrected chi connectivity index (χ4v) is 0.746. The van der Waals surface area contributed by atoms with E-state index in [0.717, 1.165) is 19.3 Å². The Morgan fingerprint density at radius 3 is 2.50 bits per heavy atom. The fraction of sp³-hybridized carbons (Fsp3) is 0.750. The highest BCUT2D eigenvalue weighted by Gasteiger charge is 1.93. The quantitative estimate of drug-likeness (QED) is 0.345. The van der Waals surface area contributed by atoms with Crippen molar-refractivity contribution in [2.75, 3.05) is 6.54 Å². The van der Waals surface area contributed by atoms with Gasteiger partial charge in [0.15, 0.2) is 0 Å². The molecule has 4 nitrogen and oxygen atoms in total. The van der Waals surface area contributed by atoms with Gasteiger partial charge in [-0.2, -0.15) is 0 Å². The number of unbranched alkanes of at least 4 members (excludes halogenated alkanes) is 1. The number of rotatable bonds is 6. The minimum absolute atomic E-state index is 0.248. The number of amidine groups is 1. The fourth-order valence-electron chi connectivity index (χ4n) is 0.746. The molecule has 4 N–H and O–H groups in total. The van der Waals surface area contributed by atoms with Crippen LogP contribution in [0.3, 0.4) is 0 Å². The molecule has 0 aromatic heterocycles. The second kappa shape index (κ2) is 6.64. The van der Waals surface area contributed by atoms with Crippen LogP contribution in [0.1, 0.15) is 32.6 Å². The lowest BCUT2D eigenvalue weighted by molar-refractivity contribution is -0.118. The topological polar surface area (TPSA) is 81.5 Å². The van der Waals surface area contributed by atoms with Gasteiger partial charge in [-0.15, -0.1) is 0 Å². The minimum Gasteiger partial charge on any atom is -0.387 e. The lowest BCUT2D eigenvalue weighted by atomic mass is 10.2. The van der Waals surface area contributed by atoms with Crippen LogP contribution in [0.25, 0.3) is 0 Å².